The van der Waals surface area contributed by atoms with Crippen molar-refractivity contribution in [3.8, 4) is 0 Å². The van der Waals surface area contributed by atoms with Crippen molar-refractivity contribution in [3.63, 3.8) is 0 Å². The normalized spacial score (nSPS) is 55.7. The topological polar surface area (TPSA) is 335 Å². The molecule has 0 bridgehead atoms. The van der Waals surface area contributed by atoms with E-state index in [9.17, 15) is 71.2 Å². The lowest BCUT2D eigenvalue weighted by molar-refractivity contribution is -0.361. The van der Waals surface area contributed by atoms with Crippen molar-refractivity contribution in [2.24, 2.45) is 50.2 Å². The third kappa shape index (κ3) is 8.07. The maximum Gasteiger partial charge on any atom is 0.315 e. The van der Waals surface area contributed by atoms with Gasteiger partial charge in [0.2, 0.25) is 6.29 Å². The Kier molecular flexibility index (Phi) is 14.3. The Labute approximate surface area is 396 Å². The highest BCUT2D eigenvalue weighted by Gasteiger charge is 2.73. The molecule has 20 heteroatoms. The van der Waals surface area contributed by atoms with Gasteiger partial charge in [0.25, 0.3) is 0 Å². The fraction of sp³-hybridized carbons (Fsp3) is 0.938. The zero-order valence-corrected chi connectivity index (χ0v) is 40.2. The number of aliphatic hydroxyl groups is 13. The summed E-state index contributed by atoms with van der Waals surface area (Å²) < 4.78 is 34.6. The molecule has 8 aliphatic rings. The van der Waals surface area contributed by atoms with E-state index in [4.69, 9.17) is 28.4 Å². The van der Waals surface area contributed by atoms with Crippen LogP contribution in [0.15, 0.2) is 11.6 Å². The second-order valence-electron chi connectivity index (χ2n) is 23.7. The molecule has 68 heavy (non-hydrogen) atoms. The maximum atomic E-state index is 15.0. The molecule has 20 nitrogen and oxygen atoms in total. The quantitative estimate of drug-likeness (QED) is 0.0885. The summed E-state index contributed by atoms with van der Waals surface area (Å²) in [5.41, 5.74) is -3.01. The van der Waals surface area contributed by atoms with E-state index in [0.29, 0.717) is 44.9 Å². The molecule has 0 spiro atoms. The second-order valence-corrected chi connectivity index (χ2v) is 23.7. The second kappa shape index (κ2) is 18.5. The molecule has 0 aromatic rings. The Balaban J connectivity index is 0.991. The molecule has 4 saturated carbocycles. The molecule has 0 aromatic carbocycles. The molecule has 7 fully saturated rings. The lowest BCUT2D eigenvalue weighted by Gasteiger charge is -2.72. The van der Waals surface area contributed by atoms with Crippen molar-refractivity contribution in [1.82, 2.24) is 0 Å². The molecular weight excluding hydrogens is 897 g/mol. The number of rotatable bonds is 9. The molecule has 0 amide bonds. The van der Waals surface area contributed by atoms with E-state index in [2.05, 4.69) is 40.7 Å². The Morgan fingerprint density at radius 1 is 0.676 bits per heavy atom. The fourth-order valence-corrected chi connectivity index (χ4v) is 15.1. The molecule has 3 heterocycles. The first-order valence-corrected chi connectivity index (χ1v) is 24.5. The number of ether oxygens (including phenoxy) is 6. The van der Waals surface area contributed by atoms with Gasteiger partial charge in [-0.05, 0) is 91.8 Å². The van der Waals surface area contributed by atoms with Crippen LogP contribution in [0.5, 0.6) is 0 Å². The maximum absolute atomic E-state index is 15.0. The van der Waals surface area contributed by atoms with Crippen LogP contribution in [0.2, 0.25) is 0 Å². The minimum Gasteiger partial charge on any atom is -0.432 e. The zero-order valence-electron chi connectivity index (χ0n) is 40.2. The summed E-state index contributed by atoms with van der Waals surface area (Å²) in [5.74, 6) is -1.51. The van der Waals surface area contributed by atoms with Crippen molar-refractivity contribution in [2.75, 3.05) is 19.8 Å². The number of allylic oxidation sites excluding steroid dienone is 2. The van der Waals surface area contributed by atoms with E-state index in [-0.39, 0.29) is 23.7 Å². The van der Waals surface area contributed by atoms with Gasteiger partial charge >= 0.3 is 5.97 Å². The minimum absolute atomic E-state index is 0.0494. The van der Waals surface area contributed by atoms with Gasteiger partial charge in [0, 0.05) is 11.3 Å². The molecule has 390 valence electrons. The van der Waals surface area contributed by atoms with Gasteiger partial charge in [0.1, 0.15) is 67.1 Å². The molecule has 3 saturated heterocycles. The lowest BCUT2D eigenvalue weighted by atomic mass is 9.33. The molecule has 13 N–H and O–H groups in total. The summed E-state index contributed by atoms with van der Waals surface area (Å²) in [4.78, 5) is 15.0. The average Bonchev–Trinajstić information content (AvgIpc) is 3.28. The molecule has 3 aliphatic heterocycles. The van der Waals surface area contributed by atoms with Crippen molar-refractivity contribution < 1.29 is 99.6 Å². The highest BCUT2D eigenvalue weighted by molar-refractivity contribution is 5.79. The number of esters is 1. The summed E-state index contributed by atoms with van der Waals surface area (Å²) in [6, 6.07) is 0. The van der Waals surface area contributed by atoms with Crippen LogP contribution >= 0.6 is 0 Å². The average molecular weight is 975 g/mol. The minimum atomic E-state index is -1.89. The van der Waals surface area contributed by atoms with E-state index in [1.807, 2.05) is 0 Å². The summed E-state index contributed by atoms with van der Waals surface area (Å²) in [5, 5.41) is 142. The third-order valence-electron chi connectivity index (χ3n) is 19.3. The van der Waals surface area contributed by atoms with Crippen LogP contribution in [-0.2, 0) is 33.2 Å². The van der Waals surface area contributed by atoms with Crippen molar-refractivity contribution in [1.29, 1.82) is 0 Å². The van der Waals surface area contributed by atoms with Crippen molar-refractivity contribution in [3.05, 3.63) is 11.6 Å². The fourth-order valence-electron chi connectivity index (χ4n) is 15.1. The Hall–Kier alpha value is -1.51. The van der Waals surface area contributed by atoms with Crippen LogP contribution < -0.4 is 0 Å². The van der Waals surface area contributed by atoms with E-state index < -0.39 is 169 Å². The summed E-state index contributed by atoms with van der Waals surface area (Å²) in [6.45, 7) is 12.1. The Bertz CT molecular complexity index is 1870. The Morgan fingerprint density at radius 2 is 1.29 bits per heavy atom. The SMILES string of the molecule is C[C@@H]1O[C@H](O[C@H]2[C@H](O)[C@@H](O)[C@H](OC[C@H]3O[C@@H](OC(=O)[C@]45CCC(C)(C)C[C@H]4C4=CC[C@@H]6[C@@]7(C)C[C@@H](O)[C@H](O)[C@@](C)(CO)[C@@H]7[C@@H](O)C[C@@]6(C)[C@]4(C)CC5)[C@H](O)[C@@H](O)[C@@H]3O)O[C@@H]2CO)[C@H](O)[C@H](O)[C@H]1O. The number of carbonyl (C=O) groups is 1. The molecule has 26 atom stereocenters. The first kappa shape index (κ1) is 52.8. The predicted octanol–water partition coefficient (Wildman–Crippen LogP) is -1.92. The van der Waals surface area contributed by atoms with Gasteiger partial charge < -0.3 is 94.8 Å². The van der Waals surface area contributed by atoms with Gasteiger partial charge in [-0.3, -0.25) is 4.79 Å². The first-order chi connectivity index (χ1) is 31.7. The van der Waals surface area contributed by atoms with Gasteiger partial charge in [-0.25, -0.2) is 0 Å². The molecule has 0 unspecified atom stereocenters. The molecular formula is C48H78O20. The van der Waals surface area contributed by atoms with Gasteiger partial charge in [0.15, 0.2) is 12.6 Å². The summed E-state index contributed by atoms with van der Waals surface area (Å²) in [6.07, 6.45) is -21.7. The largest absolute Gasteiger partial charge is 0.432 e. The van der Waals surface area contributed by atoms with Gasteiger partial charge in [0.05, 0.1) is 49.7 Å². The number of fused-ring (bicyclic) bond motifs is 7. The van der Waals surface area contributed by atoms with E-state index in [1.54, 1.807) is 6.92 Å². The predicted molar refractivity (Wildman–Crippen MR) is 233 cm³/mol. The highest BCUT2D eigenvalue weighted by Crippen LogP contribution is 2.76. The molecule has 0 aromatic heterocycles. The van der Waals surface area contributed by atoms with Crippen LogP contribution in [0.4, 0.5) is 0 Å². The standard InChI is InChI=1S/C48H78O20/c1-20-28(53)30(55)33(58)40(64-20)67-36-25(17-49)65-39(35(60)32(36)57)63-18-26-29(54)31(56)34(59)41(66-26)68-42(62)48-12-10-43(2,3)14-22(48)21-8-9-27-44(4)15-24(52)38(61)45(5,19-50)37(44)23(51)16-47(27,7)46(21,6)11-13-48/h8,20,22-41,49-61H,9-19H2,1-7H3/t20-,22-,23-,24+,25+,26+,27+,28-,29+,30+,31-,32+,33+,34+,35+,36+,37+,38-,39+,40+,41-,44+,45-,46+,47+,48-/m0/s1. The molecule has 0 radical (unpaired) electrons. The van der Waals surface area contributed by atoms with Gasteiger partial charge in [-0.1, -0.05) is 53.2 Å². The monoisotopic (exact) mass is 975 g/mol. The molecule has 5 aliphatic carbocycles. The zero-order chi connectivity index (χ0) is 50.0. The lowest BCUT2D eigenvalue weighted by Crippen LogP contribution is -2.71. The highest BCUT2D eigenvalue weighted by atomic mass is 16.8. The van der Waals surface area contributed by atoms with Crippen molar-refractivity contribution >= 4 is 5.97 Å². The summed E-state index contributed by atoms with van der Waals surface area (Å²) >= 11 is 0. The van der Waals surface area contributed by atoms with Crippen LogP contribution in [0.3, 0.4) is 0 Å². The number of carbonyl (C=O) groups excluding carboxylic acids is 1. The van der Waals surface area contributed by atoms with Crippen LogP contribution in [-0.4, -0.2) is 203 Å². The van der Waals surface area contributed by atoms with Crippen LogP contribution in [0.25, 0.3) is 0 Å². The smallest absolute Gasteiger partial charge is 0.315 e. The third-order valence-corrected chi connectivity index (χ3v) is 19.3. The van der Waals surface area contributed by atoms with Crippen LogP contribution in [0.1, 0.15) is 99.8 Å². The van der Waals surface area contributed by atoms with E-state index in [0.717, 1.165) is 5.57 Å². The summed E-state index contributed by atoms with van der Waals surface area (Å²) in [7, 11) is 0. The number of hydrogen-bond donors (Lipinski definition) is 13. The number of hydrogen-bond acceptors (Lipinski definition) is 20. The first-order valence-electron chi connectivity index (χ1n) is 24.5. The van der Waals surface area contributed by atoms with Crippen molar-refractivity contribution in [2.45, 2.75) is 210 Å². The van der Waals surface area contributed by atoms with E-state index >= 15 is 0 Å². The Morgan fingerprint density at radius 3 is 1.96 bits per heavy atom. The van der Waals surface area contributed by atoms with E-state index in [1.165, 1.54) is 6.92 Å². The van der Waals surface area contributed by atoms with Gasteiger partial charge in [-0.2, -0.15) is 0 Å². The van der Waals surface area contributed by atoms with Gasteiger partial charge in [-0.15, -0.1) is 0 Å². The van der Waals surface area contributed by atoms with Crippen LogP contribution in [0, 0.1) is 50.2 Å². The number of aliphatic hydroxyl groups excluding tert-OH is 13. The molecule has 8 rings (SSSR count).